The van der Waals surface area contributed by atoms with Crippen molar-refractivity contribution in [3.63, 3.8) is 0 Å². The maximum Gasteiger partial charge on any atom is 0.161 e. The second kappa shape index (κ2) is 5.92. The minimum Gasteiger partial charge on any atom is -0.493 e. The highest BCUT2D eigenvalue weighted by Crippen LogP contribution is 2.34. The van der Waals surface area contributed by atoms with E-state index in [1.54, 1.807) is 14.2 Å². The van der Waals surface area contributed by atoms with Gasteiger partial charge in [-0.05, 0) is 42.5 Å². The Balaban J connectivity index is 3.07. The fourth-order valence-electron chi connectivity index (χ4n) is 1.93. The van der Waals surface area contributed by atoms with Gasteiger partial charge >= 0.3 is 0 Å². The number of aliphatic hydroxyl groups excluding tert-OH is 1. The molecule has 0 aromatic heterocycles. The molecular formula is C14H22O3. The van der Waals surface area contributed by atoms with Crippen molar-refractivity contribution in [1.82, 2.24) is 0 Å². The molecule has 1 rings (SSSR count). The maximum atomic E-state index is 10.2. The summed E-state index contributed by atoms with van der Waals surface area (Å²) >= 11 is 0. The normalized spacial score (nSPS) is 12.6. The summed E-state index contributed by atoms with van der Waals surface area (Å²) in [5.74, 6) is 1.82. The van der Waals surface area contributed by atoms with Gasteiger partial charge in [0.15, 0.2) is 11.5 Å². The van der Waals surface area contributed by atoms with E-state index in [1.807, 2.05) is 19.1 Å². The number of hydrogen-bond acceptors (Lipinski definition) is 3. The molecule has 96 valence electrons. The molecular weight excluding hydrogens is 216 g/mol. The van der Waals surface area contributed by atoms with E-state index in [2.05, 4.69) is 13.8 Å². The lowest BCUT2D eigenvalue weighted by atomic mass is 9.96. The number of ether oxygens (including phenoxy) is 2. The van der Waals surface area contributed by atoms with Crippen molar-refractivity contribution in [2.45, 2.75) is 33.3 Å². The maximum absolute atomic E-state index is 10.2. The molecule has 1 aromatic carbocycles. The number of hydrogen-bond donors (Lipinski definition) is 1. The Bertz CT molecular complexity index is 372. The van der Waals surface area contributed by atoms with Crippen LogP contribution in [0.2, 0.25) is 0 Å². The smallest absolute Gasteiger partial charge is 0.161 e. The van der Waals surface area contributed by atoms with Gasteiger partial charge in [0.2, 0.25) is 0 Å². The minimum absolute atomic E-state index is 0.449. The molecule has 0 amide bonds. The lowest BCUT2D eigenvalue weighted by molar-refractivity contribution is 0.150. The zero-order chi connectivity index (χ0) is 13.0. The first-order chi connectivity index (χ1) is 7.99. The van der Waals surface area contributed by atoms with Gasteiger partial charge in [-0.1, -0.05) is 13.8 Å². The molecule has 0 heterocycles. The molecule has 1 N–H and O–H groups in total. The summed E-state index contributed by atoms with van der Waals surface area (Å²) in [5, 5.41) is 10.2. The van der Waals surface area contributed by atoms with E-state index in [9.17, 15) is 5.11 Å². The third-order valence-corrected chi connectivity index (χ3v) is 2.83. The van der Waals surface area contributed by atoms with Crippen molar-refractivity contribution in [3.8, 4) is 11.5 Å². The summed E-state index contributed by atoms with van der Waals surface area (Å²) in [4.78, 5) is 0. The monoisotopic (exact) mass is 238 g/mol. The van der Waals surface area contributed by atoms with Gasteiger partial charge in [-0.15, -0.1) is 0 Å². The molecule has 0 aliphatic carbocycles. The second-order valence-electron chi connectivity index (χ2n) is 4.71. The molecule has 0 bridgehead atoms. The summed E-state index contributed by atoms with van der Waals surface area (Å²) in [7, 11) is 3.22. The van der Waals surface area contributed by atoms with E-state index < -0.39 is 6.10 Å². The van der Waals surface area contributed by atoms with Gasteiger partial charge in [0.25, 0.3) is 0 Å². The quantitative estimate of drug-likeness (QED) is 0.856. The van der Waals surface area contributed by atoms with Crippen LogP contribution in [-0.2, 0) is 0 Å². The van der Waals surface area contributed by atoms with Gasteiger partial charge in [-0.3, -0.25) is 0 Å². The zero-order valence-electron chi connectivity index (χ0n) is 11.3. The van der Waals surface area contributed by atoms with Crippen molar-refractivity contribution in [3.05, 3.63) is 23.3 Å². The number of aryl methyl sites for hydroxylation is 1. The number of rotatable bonds is 5. The molecule has 0 spiro atoms. The average molecular weight is 238 g/mol. The zero-order valence-corrected chi connectivity index (χ0v) is 11.3. The molecule has 0 saturated carbocycles. The SMILES string of the molecule is COc1cc(C)c(C(O)CC(C)C)cc1OC. The van der Waals surface area contributed by atoms with Crippen molar-refractivity contribution >= 4 is 0 Å². The molecule has 3 heteroatoms. The Hall–Kier alpha value is -1.22. The molecule has 0 aliphatic heterocycles. The highest BCUT2D eigenvalue weighted by Gasteiger charge is 2.16. The Morgan fingerprint density at radius 1 is 1.12 bits per heavy atom. The number of methoxy groups -OCH3 is 2. The lowest BCUT2D eigenvalue weighted by Gasteiger charge is -2.18. The summed E-state index contributed by atoms with van der Waals surface area (Å²) in [6.07, 6.45) is 0.297. The van der Waals surface area contributed by atoms with Crippen LogP contribution in [0.15, 0.2) is 12.1 Å². The van der Waals surface area contributed by atoms with Gasteiger partial charge in [0.1, 0.15) is 0 Å². The Kier molecular flexibility index (Phi) is 4.82. The second-order valence-corrected chi connectivity index (χ2v) is 4.71. The van der Waals surface area contributed by atoms with Crippen molar-refractivity contribution in [2.24, 2.45) is 5.92 Å². The Labute approximate surface area is 103 Å². The molecule has 0 radical (unpaired) electrons. The molecule has 1 aromatic rings. The van der Waals surface area contributed by atoms with E-state index in [1.165, 1.54) is 0 Å². The molecule has 0 aliphatic rings. The first kappa shape index (κ1) is 13.8. The lowest BCUT2D eigenvalue weighted by Crippen LogP contribution is -2.05. The molecule has 3 nitrogen and oxygen atoms in total. The molecule has 0 saturated heterocycles. The fraction of sp³-hybridized carbons (Fsp3) is 0.571. The van der Waals surface area contributed by atoms with Crippen LogP contribution in [0.1, 0.15) is 37.5 Å². The van der Waals surface area contributed by atoms with Crippen molar-refractivity contribution < 1.29 is 14.6 Å². The highest BCUT2D eigenvalue weighted by atomic mass is 16.5. The Morgan fingerprint density at radius 3 is 2.12 bits per heavy atom. The molecule has 1 unspecified atom stereocenters. The third-order valence-electron chi connectivity index (χ3n) is 2.83. The van der Waals surface area contributed by atoms with Crippen LogP contribution < -0.4 is 9.47 Å². The van der Waals surface area contributed by atoms with Gasteiger partial charge in [0, 0.05) is 0 Å². The minimum atomic E-state index is -0.449. The Morgan fingerprint density at radius 2 is 1.65 bits per heavy atom. The van der Waals surface area contributed by atoms with Crippen LogP contribution in [-0.4, -0.2) is 19.3 Å². The van der Waals surface area contributed by atoms with E-state index in [0.717, 1.165) is 17.5 Å². The molecule has 17 heavy (non-hydrogen) atoms. The third kappa shape index (κ3) is 3.37. The first-order valence-corrected chi connectivity index (χ1v) is 5.90. The van der Waals surface area contributed by atoms with Crippen molar-refractivity contribution in [1.29, 1.82) is 0 Å². The van der Waals surface area contributed by atoms with Gasteiger partial charge in [-0.2, -0.15) is 0 Å². The molecule has 1 atom stereocenters. The standard InChI is InChI=1S/C14H22O3/c1-9(2)6-12(15)11-8-14(17-5)13(16-4)7-10(11)3/h7-9,12,15H,6H2,1-5H3. The van der Waals surface area contributed by atoms with Crippen LogP contribution in [0, 0.1) is 12.8 Å². The van der Waals surface area contributed by atoms with Crippen LogP contribution in [0.3, 0.4) is 0 Å². The average Bonchev–Trinajstić information content (AvgIpc) is 2.27. The van der Waals surface area contributed by atoms with Gasteiger partial charge in [-0.25, -0.2) is 0 Å². The summed E-state index contributed by atoms with van der Waals surface area (Å²) in [6.45, 7) is 6.17. The van der Waals surface area contributed by atoms with Gasteiger partial charge in [0.05, 0.1) is 20.3 Å². The van der Waals surface area contributed by atoms with Crippen LogP contribution in [0.4, 0.5) is 0 Å². The predicted molar refractivity (Wildman–Crippen MR) is 68.7 cm³/mol. The largest absolute Gasteiger partial charge is 0.493 e. The summed E-state index contributed by atoms with van der Waals surface area (Å²) < 4.78 is 10.5. The first-order valence-electron chi connectivity index (χ1n) is 5.90. The fourth-order valence-corrected chi connectivity index (χ4v) is 1.93. The summed E-state index contributed by atoms with van der Waals surface area (Å²) in [5.41, 5.74) is 1.94. The van der Waals surface area contributed by atoms with Crippen LogP contribution in [0.5, 0.6) is 11.5 Å². The number of aliphatic hydroxyl groups is 1. The number of benzene rings is 1. The summed E-state index contributed by atoms with van der Waals surface area (Å²) in [6, 6.07) is 3.76. The predicted octanol–water partition coefficient (Wildman–Crippen LogP) is 3.09. The van der Waals surface area contributed by atoms with Crippen LogP contribution >= 0.6 is 0 Å². The van der Waals surface area contributed by atoms with Gasteiger partial charge < -0.3 is 14.6 Å². The molecule has 0 fully saturated rings. The van der Waals surface area contributed by atoms with E-state index in [0.29, 0.717) is 17.4 Å². The van der Waals surface area contributed by atoms with E-state index in [-0.39, 0.29) is 0 Å². The van der Waals surface area contributed by atoms with E-state index >= 15 is 0 Å². The van der Waals surface area contributed by atoms with Crippen LogP contribution in [0.25, 0.3) is 0 Å². The van der Waals surface area contributed by atoms with Crippen molar-refractivity contribution in [2.75, 3.05) is 14.2 Å². The van der Waals surface area contributed by atoms with E-state index in [4.69, 9.17) is 9.47 Å². The topological polar surface area (TPSA) is 38.7 Å². The highest BCUT2D eigenvalue weighted by molar-refractivity contribution is 5.47.